The molecule has 22 heavy (non-hydrogen) atoms. The lowest BCUT2D eigenvalue weighted by atomic mass is 9.78. The molecule has 2 heterocycles. The van der Waals surface area contributed by atoms with Crippen LogP contribution in [0.4, 0.5) is 0 Å². The first-order valence-corrected chi connectivity index (χ1v) is 8.63. The zero-order valence-electron chi connectivity index (χ0n) is 12.9. The molecular formula is C16H21N3O2S. The summed E-state index contributed by atoms with van der Waals surface area (Å²) in [5.74, 6) is 1.58. The Bertz CT molecular complexity index is 658. The van der Waals surface area contributed by atoms with Crippen molar-refractivity contribution in [1.82, 2.24) is 15.3 Å². The van der Waals surface area contributed by atoms with Gasteiger partial charge in [-0.05, 0) is 29.7 Å². The molecule has 2 aromatic rings. The summed E-state index contributed by atoms with van der Waals surface area (Å²) in [6.07, 6.45) is 4.95. The first kappa shape index (κ1) is 15.2. The third kappa shape index (κ3) is 3.21. The van der Waals surface area contributed by atoms with E-state index in [0.29, 0.717) is 17.7 Å². The summed E-state index contributed by atoms with van der Waals surface area (Å²) in [7, 11) is 0. The number of fused-ring (bicyclic) bond motifs is 1. The highest BCUT2D eigenvalue weighted by molar-refractivity contribution is 7.16. The Kier molecular flexibility index (Phi) is 4.57. The Balaban J connectivity index is 1.57. The van der Waals surface area contributed by atoms with Crippen molar-refractivity contribution < 1.29 is 9.53 Å². The van der Waals surface area contributed by atoms with Crippen molar-refractivity contribution in [2.45, 2.75) is 39.2 Å². The highest BCUT2D eigenvalue weighted by Crippen LogP contribution is 2.29. The summed E-state index contributed by atoms with van der Waals surface area (Å²) < 4.78 is 5.59. The lowest BCUT2D eigenvalue weighted by Gasteiger charge is -2.34. The standard InChI is InChI=1S/C16H21N3O2S/c1-10-4-3-5-13(11(10)2)19-14(20)8-21-15-12-6-7-22-16(12)18-9-17-15/h6-7,9-11,13H,3-5,8H2,1-2H3,(H,19,20). The Labute approximate surface area is 134 Å². The number of thiophene rings is 1. The van der Waals surface area contributed by atoms with Crippen molar-refractivity contribution in [3.8, 4) is 5.88 Å². The second-order valence-electron chi connectivity index (χ2n) is 6.05. The van der Waals surface area contributed by atoms with E-state index in [4.69, 9.17) is 4.74 Å². The molecule has 1 amide bonds. The molecule has 1 aliphatic carbocycles. The maximum Gasteiger partial charge on any atom is 0.258 e. The highest BCUT2D eigenvalue weighted by Gasteiger charge is 2.28. The third-order valence-electron chi connectivity index (χ3n) is 4.62. The molecule has 1 saturated carbocycles. The molecule has 5 nitrogen and oxygen atoms in total. The Morgan fingerprint density at radius 2 is 2.27 bits per heavy atom. The second kappa shape index (κ2) is 6.60. The zero-order chi connectivity index (χ0) is 15.5. The maximum absolute atomic E-state index is 12.1. The van der Waals surface area contributed by atoms with Crippen LogP contribution in [0, 0.1) is 11.8 Å². The van der Waals surface area contributed by atoms with Crippen LogP contribution in [-0.2, 0) is 4.79 Å². The van der Waals surface area contributed by atoms with Crippen molar-refractivity contribution in [3.63, 3.8) is 0 Å². The van der Waals surface area contributed by atoms with Crippen molar-refractivity contribution >= 4 is 27.5 Å². The minimum absolute atomic E-state index is 0.000436. The number of rotatable bonds is 4. The number of hydrogen-bond acceptors (Lipinski definition) is 5. The first-order valence-electron chi connectivity index (χ1n) is 7.75. The predicted molar refractivity (Wildman–Crippen MR) is 87.0 cm³/mol. The normalized spacial score (nSPS) is 25.1. The van der Waals surface area contributed by atoms with Crippen molar-refractivity contribution in [1.29, 1.82) is 0 Å². The van der Waals surface area contributed by atoms with Gasteiger partial charge in [-0.1, -0.05) is 26.7 Å². The predicted octanol–water partition coefficient (Wildman–Crippen LogP) is 3.01. The van der Waals surface area contributed by atoms with Crippen LogP contribution in [0.15, 0.2) is 17.8 Å². The molecule has 1 N–H and O–H groups in total. The van der Waals surface area contributed by atoms with Gasteiger partial charge in [-0.2, -0.15) is 0 Å². The Morgan fingerprint density at radius 3 is 3.14 bits per heavy atom. The first-order chi connectivity index (χ1) is 10.6. The van der Waals surface area contributed by atoms with E-state index >= 15 is 0 Å². The lowest BCUT2D eigenvalue weighted by molar-refractivity contribution is -0.124. The molecule has 3 rings (SSSR count). The van der Waals surface area contributed by atoms with Crippen LogP contribution in [0.1, 0.15) is 33.1 Å². The summed E-state index contributed by atoms with van der Waals surface area (Å²) in [6, 6.07) is 2.17. The molecule has 0 aromatic carbocycles. The van der Waals surface area contributed by atoms with Gasteiger partial charge in [0.15, 0.2) is 6.61 Å². The van der Waals surface area contributed by atoms with Crippen molar-refractivity contribution in [2.24, 2.45) is 11.8 Å². The van der Waals surface area contributed by atoms with Crippen LogP contribution in [0.5, 0.6) is 5.88 Å². The molecule has 3 atom stereocenters. The van der Waals surface area contributed by atoms with E-state index in [0.717, 1.165) is 16.6 Å². The number of aromatic nitrogens is 2. The van der Waals surface area contributed by atoms with Gasteiger partial charge in [0, 0.05) is 6.04 Å². The monoisotopic (exact) mass is 319 g/mol. The van der Waals surface area contributed by atoms with Gasteiger partial charge in [-0.15, -0.1) is 11.3 Å². The van der Waals surface area contributed by atoms with Gasteiger partial charge in [0.2, 0.25) is 5.88 Å². The number of nitrogens with zero attached hydrogens (tertiary/aromatic N) is 2. The molecular weight excluding hydrogens is 298 g/mol. The molecule has 0 bridgehead atoms. The molecule has 2 aromatic heterocycles. The fourth-order valence-corrected chi connectivity index (χ4v) is 3.77. The van der Waals surface area contributed by atoms with Gasteiger partial charge in [0.25, 0.3) is 5.91 Å². The van der Waals surface area contributed by atoms with Crippen LogP contribution in [0.3, 0.4) is 0 Å². The number of hydrogen-bond donors (Lipinski definition) is 1. The molecule has 6 heteroatoms. The van der Waals surface area contributed by atoms with Crippen LogP contribution < -0.4 is 10.1 Å². The molecule has 0 radical (unpaired) electrons. The van der Waals surface area contributed by atoms with E-state index in [1.54, 1.807) is 0 Å². The maximum atomic E-state index is 12.1. The summed E-state index contributed by atoms with van der Waals surface area (Å²) in [5, 5.41) is 5.91. The Hall–Kier alpha value is -1.69. The van der Waals surface area contributed by atoms with Gasteiger partial charge in [-0.25, -0.2) is 9.97 Å². The summed E-state index contributed by atoms with van der Waals surface area (Å²) in [5.41, 5.74) is 0. The summed E-state index contributed by atoms with van der Waals surface area (Å²) in [4.78, 5) is 21.3. The number of ether oxygens (including phenoxy) is 1. The van der Waals surface area contributed by atoms with E-state index in [-0.39, 0.29) is 18.6 Å². The van der Waals surface area contributed by atoms with Crippen molar-refractivity contribution in [3.05, 3.63) is 17.8 Å². The minimum atomic E-state index is -0.0760. The average molecular weight is 319 g/mol. The Morgan fingerprint density at radius 1 is 1.41 bits per heavy atom. The number of carbonyl (C=O) groups excluding carboxylic acids is 1. The lowest BCUT2D eigenvalue weighted by Crippen LogP contribution is -2.45. The summed E-state index contributed by atoms with van der Waals surface area (Å²) in [6.45, 7) is 4.47. The number of carbonyl (C=O) groups is 1. The van der Waals surface area contributed by atoms with Gasteiger partial charge >= 0.3 is 0 Å². The van der Waals surface area contributed by atoms with E-state index in [9.17, 15) is 4.79 Å². The minimum Gasteiger partial charge on any atom is -0.467 e. The molecule has 1 aliphatic rings. The van der Waals surface area contributed by atoms with Crippen molar-refractivity contribution in [2.75, 3.05) is 6.61 Å². The topological polar surface area (TPSA) is 64.1 Å². The second-order valence-corrected chi connectivity index (χ2v) is 6.94. The summed E-state index contributed by atoms with van der Waals surface area (Å²) >= 11 is 1.53. The highest BCUT2D eigenvalue weighted by atomic mass is 32.1. The third-order valence-corrected chi connectivity index (χ3v) is 5.44. The van der Waals surface area contributed by atoms with Crippen LogP contribution in [0.2, 0.25) is 0 Å². The van der Waals surface area contributed by atoms with Crippen LogP contribution in [-0.4, -0.2) is 28.5 Å². The molecule has 3 unspecified atom stereocenters. The van der Waals surface area contributed by atoms with Gasteiger partial charge < -0.3 is 10.1 Å². The van der Waals surface area contributed by atoms with Crippen LogP contribution in [0.25, 0.3) is 10.2 Å². The van der Waals surface area contributed by atoms with E-state index < -0.39 is 0 Å². The fraction of sp³-hybridized carbons (Fsp3) is 0.562. The zero-order valence-corrected chi connectivity index (χ0v) is 13.7. The molecule has 1 fully saturated rings. The molecule has 0 aliphatic heterocycles. The number of amides is 1. The van der Waals surface area contributed by atoms with Crippen LogP contribution >= 0.6 is 11.3 Å². The van der Waals surface area contributed by atoms with Gasteiger partial charge in [-0.3, -0.25) is 4.79 Å². The molecule has 0 spiro atoms. The van der Waals surface area contributed by atoms with E-state index in [1.165, 1.54) is 30.5 Å². The molecule has 118 valence electrons. The SMILES string of the molecule is CC1CCCC(NC(=O)COc2ncnc3sccc23)C1C. The smallest absolute Gasteiger partial charge is 0.258 e. The van der Waals surface area contributed by atoms with E-state index in [2.05, 4.69) is 29.1 Å². The number of nitrogens with one attached hydrogen (secondary N) is 1. The molecule has 0 saturated heterocycles. The van der Waals surface area contributed by atoms with Gasteiger partial charge in [0.1, 0.15) is 11.2 Å². The van der Waals surface area contributed by atoms with E-state index in [1.807, 2.05) is 11.4 Å². The average Bonchev–Trinajstić information content (AvgIpc) is 2.99. The fourth-order valence-electron chi connectivity index (χ4n) is 3.05. The van der Waals surface area contributed by atoms with Gasteiger partial charge in [0.05, 0.1) is 5.39 Å². The largest absolute Gasteiger partial charge is 0.467 e. The quantitative estimate of drug-likeness (QED) is 0.941.